The van der Waals surface area contributed by atoms with Crippen molar-refractivity contribution in [3.8, 4) is 5.75 Å². The van der Waals surface area contributed by atoms with Crippen molar-refractivity contribution in [3.05, 3.63) is 125 Å². The quantitative estimate of drug-likeness (QED) is 0.305. The predicted octanol–water partition coefficient (Wildman–Crippen LogP) is 5.32. The van der Waals surface area contributed by atoms with E-state index in [0.717, 1.165) is 5.56 Å². The third-order valence-corrected chi connectivity index (χ3v) is 7.46. The van der Waals surface area contributed by atoms with E-state index in [2.05, 4.69) is 5.32 Å². The molecule has 3 amide bonds. The Balaban J connectivity index is 1.37. The van der Waals surface area contributed by atoms with E-state index in [0.29, 0.717) is 61.0 Å². The number of nitrogens with one attached hydrogen (secondary N) is 1. The fraction of sp³-hybridized carbons (Fsp3) is 0.206. The monoisotopic (exact) mass is 580 g/mol. The highest BCUT2D eigenvalue weighted by Crippen LogP contribution is 2.28. The summed E-state index contributed by atoms with van der Waals surface area (Å²) in [6, 6.07) is 27.7. The number of anilines is 2. The molecule has 1 aliphatic rings. The van der Waals surface area contributed by atoms with E-state index in [-0.39, 0.29) is 23.3 Å². The fourth-order valence-corrected chi connectivity index (χ4v) is 5.10. The Bertz CT molecular complexity index is 1600. The van der Waals surface area contributed by atoms with Gasteiger partial charge in [-0.25, -0.2) is 4.39 Å². The van der Waals surface area contributed by atoms with Crippen LogP contribution >= 0.6 is 0 Å². The summed E-state index contributed by atoms with van der Waals surface area (Å²) in [4.78, 5) is 45.1. The number of nitrogens with zero attached hydrogens (tertiary/aromatic N) is 3. The molecule has 0 aliphatic carbocycles. The minimum absolute atomic E-state index is 0.0475. The lowest BCUT2D eigenvalue weighted by Crippen LogP contribution is -2.49. The van der Waals surface area contributed by atoms with E-state index < -0.39 is 5.82 Å². The lowest BCUT2D eigenvalue weighted by molar-refractivity contribution is 0.0738. The number of carbonyl (C=O) groups is 3. The Labute approximate surface area is 250 Å². The van der Waals surface area contributed by atoms with Crippen LogP contribution in [0.1, 0.15) is 36.6 Å². The van der Waals surface area contributed by atoms with Gasteiger partial charge in [-0.05, 0) is 60.2 Å². The zero-order chi connectivity index (χ0) is 30.3. The number of amides is 3. The van der Waals surface area contributed by atoms with Gasteiger partial charge in [0, 0.05) is 56.7 Å². The second-order valence-electron chi connectivity index (χ2n) is 10.3. The van der Waals surface area contributed by atoms with Crippen molar-refractivity contribution in [2.45, 2.75) is 6.54 Å². The van der Waals surface area contributed by atoms with Crippen LogP contribution in [0.4, 0.5) is 15.8 Å². The number of hydrogen-bond acceptors (Lipinski definition) is 5. The van der Waals surface area contributed by atoms with Gasteiger partial charge in [-0.2, -0.15) is 0 Å². The normalized spacial score (nSPS) is 12.9. The third-order valence-electron chi connectivity index (χ3n) is 7.46. The Hall–Kier alpha value is -5.18. The Morgan fingerprint density at radius 3 is 2.19 bits per heavy atom. The highest BCUT2D eigenvalue weighted by Gasteiger charge is 2.27. The van der Waals surface area contributed by atoms with Crippen molar-refractivity contribution in [3.63, 3.8) is 0 Å². The molecule has 5 rings (SSSR count). The van der Waals surface area contributed by atoms with Crippen molar-refractivity contribution >= 4 is 29.1 Å². The molecule has 1 fully saturated rings. The smallest absolute Gasteiger partial charge is 0.256 e. The molecular weight excluding hydrogens is 547 g/mol. The Morgan fingerprint density at radius 1 is 0.837 bits per heavy atom. The van der Waals surface area contributed by atoms with Crippen molar-refractivity contribution in [2.75, 3.05) is 50.6 Å². The van der Waals surface area contributed by atoms with Gasteiger partial charge in [0.25, 0.3) is 17.7 Å². The van der Waals surface area contributed by atoms with Crippen LogP contribution in [0.2, 0.25) is 0 Å². The van der Waals surface area contributed by atoms with Gasteiger partial charge in [-0.3, -0.25) is 14.4 Å². The van der Waals surface area contributed by atoms with Gasteiger partial charge in [0.1, 0.15) is 11.6 Å². The van der Waals surface area contributed by atoms with Crippen LogP contribution in [0.25, 0.3) is 0 Å². The van der Waals surface area contributed by atoms with E-state index in [1.165, 1.54) is 12.1 Å². The first-order valence-electron chi connectivity index (χ1n) is 14.0. The molecule has 9 heteroatoms. The number of piperazine rings is 1. The zero-order valence-corrected chi connectivity index (χ0v) is 24.1. The molecule has 1 heterocycles. The van der Waals surface area contributed by atoms with Crippen LogP contribution in [0, 0.1) is 5.82 Å². The second kappa shape index (κ2) is 13.2. The number of hydrogen-bond donors (Lipinski definition) is 1. The number of ether oxygens (including phenoxy) is 1. The van der Waals surface area contributed by atoms with E-state index in [1.54, 1.807) is 72.5 Å². The van der Waals surface area contributed by atoms with E-state index >= 15 is 0 Å². The summed E-state index contributed by atoms with van der Waals surface area (Å²) < 4.78 is 19.4. The number of benzene rings is 4. The molecule has 1 aliphatic heterocycles. The summed E-state index contributed by atoms with van der Waals surface area (Å²) in [5.74, 6) is -0.772. The highest BCUT2D eigenvalue weighted by atomic mass is 19.1. The fourth-order valence-electron chi connectivity index (χ4n) is 5.10. The molecule has 43 heavy (non-hydrogen) atoms. The molecule has 220 valence electrons. The van der Waals surface area contributed by atoms with Gasteiger partial charge in [0.15, 0.2) is 0 Å². The van der Waals surface area contributed by atoms with Crippen LogP contribution in [-0.2, 0) is 6.54 Å². The summed E-state index contributed by atoms with van der Waals surface area (Å²) in [5, 5.41) is 2.90. The van der Waals surface area contributed by atoms with Crippen molar-refractivity contribution in [2.24, 2.45) is 0 Å². The summed E-state index contributed by atoms with van der Waals surface area (Å²) in [7, 11) is 3.30. The number of rotatable bonds is 8. The van der Waals surface area contributed by atoms with E-state index in [4.69, 9.17) is 4.74 Å². The van der Waals surface area contributed by atoms with Crippen LogP contribution in [0.5, 0.6) is 5.75 Å². The van der Waals surface area contributed by atoms with E-state index in [1.807, 2.05) is 41.3 Å². The molecular formula is C34H33FN4O4. The standard InChI is InChI=1S/C34H33FN4O4/c1-37(23-24-8-4-3-5-9-24)33(41)29-22-26(36-32(40)25-12-15-27(43-2)16-13-25)14-17-31(29)38-18-20-39(21-19-38)34(42)28-10-6-7-11-30(28)35/h3-17,22H,18-21,23H2,1-2H3,(H,36,40). The lowest BCUT2D eigenvalue weighted by Gasteiger charge is -2.37. The molecule has 1 N–H and O–H groups in total. The molecule has 1 saturated heterocycles. The molecule has 0 aromatic heterocycles. The van der Waals surface area contributed by atoms with Gasteiger partial charge < -0.3 is 24.8 Å². The molecule has 4 aromatic rings. The largest absolute Gasteiger partial charge is 0.497 e. The lowest BCUT2D eigenvalue weighted by atomic mass is 10.1. The maximum Gasteiger partial charge on any atom is 0.256 e. The van der Waals surface area contributed by atoms with Gasteiger partial charge in [0.2, 0.25) is 0 Å². The number of carbonyl (C=O) groups excluding carboxylic acids is 3. The molecule has 0 spiro atoms. The van der Waals surface area contributed by atoms with Gasteiger partial charge >= 0.3 is 0 Å². The van der Waals surface area contributed by atoms with E-state index in [9.17, 15) is 18.8 Å². The SMILES string of the molecule is COc1ccc(C(=O)Nc2ccc(N3CCN(C(=O)c4ccccc4F)CC3)c(C(=O)N(C)Cc3ccccc3)c2)cc1. The van der Waals surface area contributed by atoms with Crippen molar-refractivity contribution in [1.29, 1.82) is 0 Å². The van der Waals surface area contributed by atoms with Crippen LogP contribution in [0.3, 0.4) is 0 Å². The molecule has 0 saturated carbocycles. The topological polar surface area (TPSA) is 82.2 Å². The molecule has 0 unspecified atom stereocenters. The first-order valence-corrected chi connectivity index (χ1v) is 14.0. The zero-order valence-electron chi connectivity index (χ0n) is 24.1. The summed E-state index contributed by atoms with van der Waals surface area (Å²) in [5.41, 5.74) is 3.10. The maximum atomic E-state index is 14.2. The molecule has 4 aromatic carbocycles. The molecule has 0 bridgehead atoms. The Morgan fingerprint density at radius 2 is 1.51 bits per heavy atom. The minimum Gasteiger partial charge on any atom is -0.497 e. The first-order chi connectivity index (χ1) is 20.8. The van der Waals surface area contributed by atoms with Crippen LogP contribution < -0.4 is 15.0 Å². The maximum absolute atomic E-state index is 14.2. The van der Waals surface area contributed by atoms with Gasteiger partial charge in [0.05, 0.1) is 18.2 Å². The summed E-state index contributed by atoms with van der Waals surface area (Å²) in [6.07, 6.45) is 0. The van der Waals surface area contributed by atoms with Gasteiger partial charge in [-0.15, -0.1) is 0 Å². The van der Waals surface area contributed by atoms with Crippen LogP contribution in [0.15, 0.2) is 97.1 Å². The third kappa shape index (κ3) is 6.83. The molecule has 0 atom stereocenters. The van der Waals surface area contributed by atoms with Gasteiger partial charge in [-0.1, -0.05) is 42.5 Å². The molecule has 0 radical (unpaired) electrons. The summed E-state index contributed by atoms with van der Waals surface area (Å²) in [6.45, 7) is 2.07. The number of halogens is 1. The minimum atomic E-state index is -0.545. The second-order valence-corrected chi connectivity index (χ2v) is 10.3. The Kier molecular flexibility index (Phi) is 9.00. The van der Waals surface area contributed by atoms with Crippen molar-refractivity contribution in [1.82, 2.24) is 9.80 Å². The molecule has 8 nitrogen and oxygen atoms in total. The van der Waals surface area contributed by atoms with Crippen molar-refractivity contribution < 1.29 is 23.5 Å². The van der Waals surface area contributed by atoms with Crippen LogP contribution in [-0.4, -0.2) is 67.9 Å². The average Bonchev–Trinajstić information content (AvgIpc) is 3.05. The summed E-state index contributed by atoms with van der Waals surface area (Å²) >= 11 is 0. The average molecular weight is 581 g/mol. The first kappa shape index (κ1) is 29.3. The highest BCUT2D eigenvalue weighted by molar-refractivity contribution is 6.06. The number of methoxy groups -OCH3 is 1. The predicted molar refractivity (Wildman–Crippen MR) is 164 cm³/mol.